The molecule has 0 atom stereocenters. The number of aromatic nitrogens is 6. The monoisotopic (exact) mass is 1540 g/mol. The third kappa shape index (κ3) is 19.4. The van der Waals surface area contributed by atoms with Crippen LogP contribution in [0.3, 0.4) is 0 Å². The molecule has 1 radical (unpaired) electrons. The molecule has 535 valence electrons. The van der Waals surface area contributed by atoms with Crippen LogP contribution in [0.1, 0.15) is 223 Å². The average Bonchev–Trinajstić information content (AvgIpc) is 1.55. The molecule has 0 unspecified atom stereocenters. The predicted octanol–water partition coefficient (Wildman–Crippen LogP) is 23.1. The van der Waals surface area contributed by atoms with Gasteiger partial charge in [-0.25, -0.2) is 0 Å². The maximum absolute atomic E-state index is 8.87. The van der Waals surface area contributed by atoms with Gasteiger partial charge in [-0.3, -0.25) is 4.57 Å². The van der Waals surface area contributed by atoms with Crippen molar-refractivity contribution in [1.29, 1.82) is 0 Å². The minimum atomic E-state index is -1.37. The smallest absolute Gasteiger partial charge is 0.423 e. The molecule has 10 heteroatoms. The molecule has 0 fully saturated rings. The Morgan fingerprint density at radius 3 is 1.08 bits per heavy atom. The fourth-order valence-electron chi connectivity index (χ4n) is 13.1. The zero-order valence-corrected chi connectivity index (χ0v) is 67.3. The molecule has 11 rings (SSSR count). The molecule has 8 nitrogen and oxygen atoms in total. The van der Waals surface area contributed by atoms with E-state index in [4.69, 9.17) is 30.4 Å². The molecule has 0 saturated heterocycles. The van der Waals surface area contributed by atoms with Crippen LogP contribution < -0.4 is 5.46 Å². The zero-order valence-electron chi connectivity index (χ0n) is 64.9. The van der Waals surface area contributed by atoms with Crippen LogP contribution >= 0.6 is 0 Å². The summed E-state index contributed by atoms with van der Waals surface area (Å²) in [5.41, 5.74) is 20.7. The fourth-order valence-corrected chi connectivity index (χ4v) is 13.1. The van der Waals surface area contributed by atoms with Gasteiger partial charge in [-0.1, -0.05) is 335 Å². The summed E-state index contributed by atoms with van der Waals surface area (Å²) in [5, 5.41) is 37.5. The van der Waals surface area contributed by atoms with E-state index in [0.717, 1.165) is 89.9 Å². The topological polar surface area (TPSA) is 102 Å². The summed E-state index contributed by atoms with van der Waals surface area (Å²) in [5.74, 6) is 3.72. The molecule has 102 heavy (non-hydrogen) atoms. The van der Waals surface area contributed by atoms with Gasteiger partial charge in [-0.15, -0.1) is 50.7 Å². The number of hydrogen-bond donors (Lipinski definition) is 2. The van der Waals surface area contributed by atoms with Crippen molar-refractivity contribution >= 4 is 12.6 Å². The molecule has 0 saturated carbocycles. The maximum atomic E-state index is 8.87. The van der Waals surface area contributed by atoms with Crippen LogP contribution in [-0.4, -0.2) is 46.7 Å². The minimum Gasteiger partial charge on any atom is -0.423 e. The second-order valence-electron chi connectivity index (χ2n) is 34.0. The molecule has 11 aromatic rings. The molecule has 2 N–H and O–H groups in total. The Hall–Kier alpha value is -8.11. The Morgan fingerprint density at radius 1 is 0.343 bits per heavy atom. The minimum absolute atomic E-state index is 0. The first-order valence-corrected chi connectivity index (χ1v) is 36.6. The van der Waals surface area contributed by atoms with E-state index in [1.165, 1.54) is 66.8 Å². The van der Waals surface area contributed by atoms with Crippen molar-refractivity contribution in [2.75, 3.05) is 0 Å². The van der Waals surface area contributed by atoms with E-state index in [1.54, 1.807) is 12.1 Å². The van der Waals surface area contributed by atoms with Crippen LogP contribution in [0.4, 0.5) is 0 Å². The van der Waals surface area contributed by atoms with Crippen molar-refractivity contribution in [3.05, 3.63) is 258 Å². The molecule has 0 spiro atoms. The van der Waals surface area contributed by atoms with Crippen molar-refractivity contribution in [3.8, 4) is 78.7 Å². The molecule has 0 bridgehead atoms. The first-order chi connectivity index (χ1) is 47.5. The summed E-state index contributed by atoms with van der Waals surface area (Å²) in [4.78, 5) is 0. The molecular formula is C92H112BIrN6O2-. The average molecular weight is 1540 g/mol. The van der Waals surface area contributed by atoms with Crippen molar-refractivity contribution in [2.45, 2.75) is 222 Å². The van der Waals surface area contributed by atoms with Crippen molar-refractivity contribution in [2.24, 2.45) is 0 Å². The Kier molecular flexibility index (Phi) is 25.5. The third-order valence-electron chi connectivity index (χ3n) is 19.6. The fraction of sp³-hybridized carbons (Fsp3) is 0.370. The van der Waals surface area contributed by atoms with Crippen LogP contribution in [0.25, 0.3) is 78.7 Å². The maximum Gasteiger partial charge on any atom is 0.488 e. The molecule has 2 aromatic heterocycles. The van der Waals surface area contributed by atoms with Crippen LogP contribution in [-0.2, 0) is 58.0 Å². The quantitative estimate of drug-likeness (QED) is 0.0696. The summed E-state index contributed by atoms with van der Waals surface area (Å²) in [6.07, 6.45) is 6.68. The number of benzene rings is 9. The number of hydrogen-bond acceptors (Lipinski definition) is 6. The van der Waals surface area contributed by atoms with Gasteiger partial charge >= 0.3 is 7.12 Å². The van der Waals surface area contributed by atoms with Crippen LogP contribution in [0, 0.1) is 6.07 Å². The van der Waals surface area contributed by atoms with E-state index < -0.39 is 7.12 Å². The predicted molar refractivity (Wildman–Crippen MR) is 429 cm³/mol. The molecular weight excluding hydrogens is 1420 g/mol. The van der Waals surface area contributed by atoms with Crippen molar-refractivity contribution < 1.29 is 30.2 Å². The summed E-state index contributed by atoms with van der Waals surface area (Å²) in [6, 6.07) is 79.0. The van der Waals surface area contributed by atoms with Gasteiger partial charge in [0.1, 0.15) is 11.6 Å². The number of rotatable bonds is 17. The van der Waals surface area contributed by atoms with Crippen molar-refractivity contribution in [1.82, 2.24) is 29.5 Å². The standard InChI is InChI=1S/C41H49N3.C41H48N3.C10H15BO2.Ir/c2*1-10-11-26-41(8,9)38-43-42-37(33-19-15-18-31(27-33)30-20-23-34(24-21-30)39(2,3)4)44(38)36-25-22-32(28-35(36)40(5,6)7)29-16-13-12-14-17-29;1-10(2,3)8-4-6-9(7-5-8)11(12)13;/h12-25,27-28H,10-11,26H2,1-9H3;12-18,20-25,27-28H,10-11,26H2,1-9H3;4-7,12-13H,1-3H3;/q;-1;;. The van der Waals surface area contributed by atoms with Gasteiger partial charge in [0.15, 0.2) is 5.82 Å². The van der Waals surface area contributed by atoms with Gasteiger partial charge in [0, 0.05) is 42.2 Å². The normalized spacial score (nSPS) is 12.2. The Bertz CT molecular complexity index is 4250. The van der Waals surface area contributed by atoms with Gasteiger partial charge in [-0.2, -0.15) is 5.10 Å². The van der Waals surface area contributed by atoms with E-state index in [-0.39, 0.29) is 58.0 Å². The first-order valence-electron chi connectivity index (χ1n) is 36.6. The van der Waals surface area contributed by atoms with Gasteiger partial charge in [0.05, 0.1) is 11.5 Å². The second kappa shape index (κ2) is 32.7. The van der Waals surface area contributed by atoms with Crippen LogP contribution in [0.2, 0.25) is 0 Å². The summed E-state index contributed by atoms with van der Waals surface area (Å²) < 4.78 is 4.68. The number of unbranched alkanes of at least 4 members (excludes halogenated alkanes) is 2. The summed E-state index contributed by atoms with van der Waals surface area (Å²) in [7, 11) is -1.37. The molecule has 0 amide bonds. The van der Waals surface area contributed by atoms with E-state index >= 15 is 0 Å². The summed E-state index contributed by atoms with van der Waals surface area (Å²) >= 11 is 0. The van der Waals surface area contributed by atoms with E-state index in [9.17, 15) is 0 Å². The molecule has 0 aliphatic rings. The second-order valence-corrected chi connectivity index (χ2v) is 34.0. The van der Waals surface area contributed by atoms with E-state index in [1.807, 2.05) is 18.2 Å². The first kappa shape index (κ1) is 79.6. The molecule has 0 aliphatic carbocycles. The van der Waals surface area contributed by atoms with Crippen molar-refractivity contribution in [3.63, 3.8) is 0 Å². The SMILES string of the molecule is CC(C)(C)c1ccc(B(O)O)cc1.CCCCC(C)(C)c1nnc(-c2[c-]ccc(-c3ccc(C(C)(C)C)cc3)c2)n1-c1ccc(-c2ccccc2)cc1C(C)(C)C.CCCCC(C)(C)c1nnc(-c2cccc(-c3ccc(C(C)(C)C)cc3)c2)n1-c1ccc(-c2ccccc2)cc1C(C)(C)C.[Ir]. The largest absolute Gasteiger partial charge is 0.488 e. The van der Waals surface area contributed by atoms with Crippen LogP contribution in [0.15, 0.2) is 212 Å². The Balaban J connectivity index is 0.000000218. The van der Waals surface area contributed by atoms with Gasteiger partial charge in [-0.05, 0) is 142 Å². The third-order valence-corrected chi connectivity index (χ3v) is 19.6. The number of nitrogens with zero attached hydrogens (tertiary/aromatic N) is 6. The van der Waals surface area contributed by atoms with Gasteiger partial charge < -0.3 is 14.6 Å². The summed E-state index contributed by atoms with van der Waals surface area (Å²) in [6.45, 7) is 47.4. The van der Waals surface area contributed by atoms with Crippen LogP contribution in [0.5, 0.6) is 0 Å². The Labute approximate surface area is 626 Å². The molecule has 0 aliphatic heterocycles. The van der Waals surface area contributed by atoms with E-state index in [2.05, 4.69) is 343 Å². The molecule has 2 heterocycles. The zero-order chi connectivity index (χ0) is 73.5. The van der Waals surface area contributed by atoms with Gasteiger partial charge in [0.25, 0.3) is 0 Å². The molecule has 9 aromatic carbocycles. The van der Waals surface area contributed by atoms with E-state index in [0.29, 0.717) is 5.46 Å². The van der Waals surface area contributed by atoms with Gasteiger partial charge in [0.2, 0.25) is 0 Å². The Morgan fingerprint density at radius 2 is 0.686 bits per heavy atom.